The molecule has 1 aromatic carbocycles. The fourth-order valence-electron chi connectivity index (χ4n) is 5.01. The van der Waals surface area contributed by atoms with Crippen LogP contribution in [0.2, 0.25) is 0 Å². The molecule has 1 N–H and O–H groups in total. The number of methoxy groups -OCH3 is 2. The van der Waals surface area contributed by atoms with E-state index in [2.05, 4.69) is 58.3 Å². The summed E-state index contributed by atoms with van der Waals surface area (Å²) < 4.78 is 10.8. The number of aromatic nitrogens is 2. The number of nitrogens with one attached hydrogen (secondary N) is 1. The first-order valence-electron chi connectivity index (χ1n) is 13.5. The summed E-state index contributed by atoms with van der Waals surface area (Å²) >= 11 is 1.37. The highest BCUT2D eigenvalue weighted by atomic mass is 32.2. The van der Waals surface area contributed by atoms with Crippen molar-refractivity contribution < 1.29 is 14.3 Å². The van der Waals surface area contributed by atoms with Gasteiger partial charge in [0.1, 0.15) is 5.76 Å². The molecule has 1 aromatic heterocycles. The Morgan fingerprint density at radius 3 is 2.58 bits per heavy atom. The second-order valence-corrected chi connectivity index (χ2v) is 11.3. The van der Waals surface area contributed by atoms with Crippen molar-refractivity contribution in [3.8, 4) is 0 Å². The smallest absolute Gasteiger partial charge is 0.230 e. The molecule has 7 nitrogen and oxygen atoms in total. The molecule has 4 rings (SSSR count). The van der Waals surface area contributed by atoms with Crippen LogP contribution in [-0.2, 0) is 20.8 Å². The number of ether oxygens (including phenoxy) is 2. The van der Waals surface area contributed by atoms with Gasteiger partial charge in [0.05, 0.1) is 20.0 Å². The normalized spacial score (nSPS) is 18.3. The Labute approximate surface area is 231 Å². The number of thioether (sulfide) groups is 1. The van der Waals surface area contributed by atoms with E-state index in [1.165, 1.54) is 29.3 Å². The van der Waals surface area contributed by atoms with E-state index in [0.717, 1.165) is 68.1 Å². The minimum atomic E-state index is 0.0287. The molecular formula is C30H40N4O3S. The van der Waals surface area contributed by atoms with Crippen LogP contribution in [-0.4, -0.2) is 60.4 Å². The van der Waals surface area contributed by atoms with Gasteiger partial charge in [0.2, 0.25) is 5.91 Å². The highest BCUT2D eigenvalue weighted by molar-refractivity contribution is 7.99. The quantitative estimate of drug-likeness (QED) is 0.304. The van der Waals surface area contributed by atoms with E-state index in [-0.39, 0.29) is 5.91 Å². The largest absolute Gasteiger partial charge is 0.497 e. The summed E-state index contributed by atoms with van der Waals surface area (Å²) in [5, 5.41) is 3.73. The molecule has 0 bridgehead atoms. The van der Waals surface area contributed by atoms with Crippen LogP contribution in [0.1, 0.15) is 62.1 Å². The molecule has 2 aromatic rings. The topological polar surface area (TPSA) is 76.6 Å². The highest BCUT2D eigenvalue weighted by Gasteiger charge is 2.21. The molecule has 38 heavy (non-hydrogen) atoms. The predicted molar refractivity (Wildman–Crippen MR) is 153 cm³/mol. The third kappa shape index (κ3) is 7.84. The summed E-state index contributed by atoms with van der Waals surface area (Å²) in [6, 6.07) is 9.00. The van der Waals surface area contributed by atoms with E-state index in [9.17, 15) is 4.79 Å². The monoisotopic (exact) mass is 536 g/mol. The molecule has 0 spiro atoms. The number of rotatable bonds is 11. The molecule has 1 unspecified atom stereocenters. The number of carbonyl (C=O) groups excluding carboxylic acids is 1. The van der Waals surface area contributed by atoms with Crippen molar-refractivity contribution in [3.63, 3.8) is 0 Å². The van der Waals surface area contributed by atoms with Gasteiger partial charge < -0.3 is 14.8 Å². The van der Waals surface area contributed by atoms with Crippen molar-refractivity contribution in [2.24, 2.45) is 5.92 Å². The molecule has 204 valence electrons. The molecule has 1 aliphatic carbocycles. The summed E-state index contributed by atoms with van der Waals surface area (Å²) in [6.45, 7) is 8.28. The van der Waals surface area contributed by atoms with Crippen LogP contribution in [0.5, 0.6) is 0 Å². The van der Waals surface area contributed by atoms with Crippen LogP contribution in [0.15, 0.2) is 59.4 Å². The Hall–Kier alpha value is -2.84. The number of amides is 1. The first kappa shape index (κ1) is 28.2. The predicted octanol–water partition coefficient (Wildman–Crippen LogP) is 5.40. The molecule has 1 fully saturated rings. The Morgan fingerprint density at radius 1 is 1.13 bits per heavy atom. The highest BCUT2D eigenvalue weighted by Crippen LogP contribution is 2.31. The minimum Gasteiger partial charge on any atom is -0.497 e. The second-order valence-electron chi connectivity index (χ2n) is 10.4. The average molecular weight is 537 g/mol. The molecule has 1 saturated heterocycles. The molecule has 2 aliphatic rings. The zero-order chi connectivity index (χ0) is 26.9. The summed E-state index contributed by atoms with van der Waals surface area (Å²) in [4.78, 5) is 24.0. The van der Waals surface area contributed by atoms with E-state index >= 15 is 0 Å². The van der Waals surface area contributed by atoms with Crippen molar-refractivity contribution in [3.05, 3.63) is 70.9 Å². The molecule has 1 aliphatic heterocycles. The maximum absolute atomic E-state index is 12.5. The summed E-state index contributed by atoms with van der Waals surface area (Å²) in [7, 11) is 3.31. The Bertz CT molecular complexity index is 1130. The van der Waals surface area contributed by atoms with Gasteiger partial charge in [0.25, 0.3) is 0 Å². The third-order valence-electron chi connectivity index (χ3n) is 7.24. The minimum absolute atomic E-state index is 0.0287. The molecule has 2 heterocycles. The van der Waals surface area contributed by atoms with Crippen LogP contribution in [0, 0.1) is 5.92 Å². The zero-order valence-electron chi connectivity index (χ0n) is 23.0. The van der Waals surface area contributed by atoms with Crippen LogP contribution in [0.3, 0.4) is 0 Å². The lowest BCUT2D eigenvalue weighted by atomic mass is 9.97. The molecule has 1 atom stereocenters. The second kappa shape index (κ2) is 13.8. The first-order valence-corrected chi connectivity index (χ1v) is 14.5. The van der Waals surface area contributed by atoms with Crippen LogP contribution >= 0.6 is 11.8 Å². The number of benzene rings is 1. The molecule has 0 saturated carbocycles. The number of hydrogen-bond acceptors (Lipinski definition) is 7. The number of carbonyl (C=O) groups is 1. The van der Waals surface area contributed by atoms with Gasteiger partial charge >= 0.3 is 0 Å². The number of likely N-dealkylation sites (tertiary alicyclic amines) is 1. The lowest BCUT2D eigenvalue weighted by Gasteiger charge is -2.33. The van der Waals surface area contributed by atoms with Crippen LogP contribution < -0.4 is 5.32 Å². The Kier molecular flexibility index (Phi) is 10.2. The fraction of sp³-hybridized carbons (Fsp3) is 0.500. The van der Waals surface area contributed by atoms with Gasteiger partial charge in [-0.15, -0.1) is 0 Å². The number of hydrogen-bond donors (Lipinski definition) is 1. The van der Waals surface area contributed by atoms with Crippen molar-refractivity contribution in [2.45, 2.75) is 57.1 Å². The van der Waals surface area contributed by atoms with Gasteiger partial charge in [0, 0.05) is 44.0 Å². The Balaban J connectivity index is 1.20. The molecule has 8 heteroatoms. The third-order valence-corrected chi connectivity index (χ3v) is 8.12. The van der Waals surface area contributed by atoms with Gasteiger partial charge in [-0.05, 0) is 60.4 Å². The number of allylic oxidation sites excluding steroid dienone is 3. The SMILES string of the molecule is COC1=C(OC)CCC(c2cnc(SCC(=O)NCC3CCCN(Cc4ccc(C(C)C)cc4)C3)nc2)=C1. The lowest BCUT2D eigenvalue weighted by Crippen LogP contribution is -2.40. The summed E-state index contributed by atoms with van der Waals surface area (Å²) in [5.74, 6) is 2.98. The van der Waals surface area contributed by atoms with Gasteiger partial charge in [-0.1, -0.05) is 49.9 Å². The molecule has 0 radical (unpaired) electrons. The maximum Gasteiger partial charge on any atom is 0.230 e. The number of nitrogens with zero attached hydrogens (tertiary/aromatic N) is 3. The number of piperidine rings is 1. The standard InChI is InChI=1S/C30H40N4O3S/c1-21(2)24-9-7-22(8-10-24)18-34-13-5-6-23(19-34)15-31-29(35)20-38-30-32-16-26(17-33-30)25-11-12-27(36-3)28(14-25)37-4/h7-10,14,16-17,21,23H,5-6,11-13,15,18-20H2,1-4H3,(H,31,35). The van der Waals surface area contributed by atoms with Crippen LogP contribution in [0.4, 0.5) is 0 Å². The molecule has 1 amide bonds. The van der Waals surface area contributed by atoms with Crippen LogP contribution in [0.25, 0.3) is 5.57 Å². The van der Waals surface area contributed by atoms with Gasteiger partial charge in [-0.2, -0.15) is 0 Å². The summed E-state index contributed by atoms with van der Waals surface area (Å²) in [5.41, 5.74) is 4.82. The van der Waals surface area contributed by atoms with E-state index in [1.807, 2.05) is 18.5 Å². The first-order chi connectivity index (χ1) is 18.4. The van der Waals surface area contributed by atoms with Crippen molar-refractivity contribution in [1.82, 2.24) is 20.2 Å². The van der Waals surface area contributed by atoms with E-state index in [4.69, 9.17) is 9.47 Å². The van der Waals surface area contributed by atoms with Crippen molar-refractivity contribution in [2.75, 3.05) is 39.6 Å². The maximum atomic E-state index is 12.5. The average Bonchev–Trinajstić information content (AvgIpc) is 2.95. The van der Waals surface area contributed by atoms with Crippen molar-refractivity contribution >= 4 is 23.2 Å². The fourth-order valence-corrected chi connectivity index (χ4v) is 5.63. The molecular weight excluding hydrogens is 496 g/mol. The van der Waals surface area contributed by atoms with E-state index < -0.39 is 0 Å². The van der Waals surface area contributed by atoms with Crippen molar-refractivity contribution in [1.29, 1.82) is 0 Å². The lowest BCUT2D eigenvalue weighted by molar-refractivity contribution is -0.118. The van der Waals surface area contributed by atoms with E-state index in [0.29, 0.717) is 22.7 Å². The zero-order valence-corrected chi connectivity index (χ0v) is 23.9. The van der Waals surface area contributed by atoms with E-state index in [1.54, 1.807) is 14.2 Å². The Morgan fingerprint density at radius 2 is 1.89 bits per heavy atom. The van der Waals surface area contributed by atoms with Gasteiger partial charge in [-0.3, -0.25) is 9.69 Å². The van der Waals surface area contributed by atoms with Gasteiger partial charge in [-0.25, -0.2) is 9.97 Å². The summed E-state index contributed by atoms with van der Waals surface area (Å²) in [6.07, 6.45) is 9.57. The van der Waals surface area contributed by atoms with Gasteiger partial charge in [0.15, 0.2) is 10.9 Å².